The molecule has 1 unspecified atom stereocenters. The minimum atomic E-state index is -0.0663. The Labute approximate surface area is 242 Å². The summed E-state index contributed by atoms with van der Waals surface area (Å²) in [5.74, 6) is 0.928. The van der Waals surface area contributed by atoms with Crippen molar-refractivity contribution in [2.75, 3.05) is 13.1 Å². The van der Waals surface area contributed by atoms with Crippen LogP contribution < -0.4 is 17.2 Å². The summed E-state index contributed by atoms with van der Waals surface area (Å²) in [4.78, 5) is 22.1. The molecule has 1 heterocycles. The van der Waals surface area contributed by atoms with Gasteiger partial charge in [0.2, 0.25) is 0 Å². The lowest BCUT2D eigenvalue weighted by Gasteiger charge is -2.27. The molecule has 41 heavy (non-hydrogen) atoms. The lowest BCUT2D eigenvalue weighted by Crippen LogP contribution is -2.33. The Hall–Kier alpha value is -4.59. The van der Waals surface area contributed by atoms with Crippen molar-refractivity contribution in [3.05, 3.63) is 101 Å². The molecule has 1 saturated carbocycles. The molecule has 4 rings (SSSR count). The van der Waals surface area contributed by atoms with Crippen molar-refractivity contribution in [3.63, 3.8) is 0 Å². The van der Waals surface area contributed by atoms with Gasteiger partial charge in [0.15, 0.2) is 0 Å². The Morgan fingerprint density at radius 3 is 2.39 bits per heavy atom. The molecule has 0 amide bonds. The highest BCUT2D eigenvalue weighted by Crippen LogP contribution is 2.35. The molecule has 1 atom stereocenters. The molecule has 0 spiro atoms. The number of carbonyl (C=O) groups excluding carboxylic acids is 1. The Kier molecular flexibility index (Phi) is 10.2. The van der Waals surface area contributed by atoms with Crippen LogP contribution in [-0.2, 0) is 4.79 Å². The van der Waals surface area contributed by atoms with Crippen LogP contribution in [0.3, 0.4) is 0 Å². The average molecular weight is 553 g/mol. The van der Waals surface area contributed by atoms with Gasteiger partial charge in [-0.2, -0.15) is 0 Å². The molecule has 2 aromatic rings. The van der Waals surface area contributed by atoms with Gasteiger partial charge < -0.3 is 32.0 Å². The van der Waals surface area contributed by atoms with Crippen molar-refractivity contribution in [1.29, 1.82) is 0 Å². The van der Waals surface area contributed by atoms with E-state index in [0.717, 1.165) is 49.5 Å². The molecule has 8 heteroatoms. The number of hydrogen-bond donors (Lipinski definition) is 4. The van der Waals surface area contributed by atoms with E-state index in [0.29, 0.717) is 36.0 Å². The van der Waals surface area contributed by atoms with Crippen LogP contribution >= 0.6 is 0 Å². The SMILES string of the molecule is C=N/C=C(\C=NC1CC=CCN(C(/C=C(\N)c2ccccc2O)=C(N)N)C1)c1ccc(C2CCC(C=O)CC2)cc1. The smallest absolute Gasteiger partial charge is 0.124 e. The molecule has 0 aromatic heterocycles. The molecule has 2 aromatic carbocycles. The van der Waals surface area contributed by atoms with Crippen LogP contribution in [0.25, 0.3) is 11.3 Å². The van der Waals surface area contributed by atoms with Gasteiger partial charge >= 0.3 is 0 Å². The zero-order valence-electron chi connectivity index (χ0n) is 23.4. The van der Waals surface area contributed by atoms with Crippen molar-refractivity contribution in [2.45, 2.75) is 44.1 Å². The summed E-state index contributed by atoms with van der Waals surface area (Å²) < 4.78 is 0. The molecule has 0 radical (unpaired) electrons. The highest BCUT2D eigenvalue weighted by atomic mass is 16.3. The number of rotatable bonds is 9. The average Bonchev–Trinajstić information content (AvgIpc) is 3.23. The van der Waals surface area contributed by atoms with Gasteiger partial charge in [-0.3, -0.25) is 9.98 Å². The minimum Gasteiger partial charge on any atom is -0.507 e. The number of aliphatic imine (C=N–C) groups is 2. The van der Waals surface area contributed by atoms with Gasteiger partial charge in [0.25, 0.3) is 0 Å². The van der Waals surface area contributed by atoms with E-state index in [-0.39, 0.29) is 23.5 Å². The van der Waals surface area contributed by atoms with Crippen LogP contribution in [0, 0.1) is 5.92 Å². The predicted octanol–water partition coefficient (Wildman–Crippen LogP) is 4.69. The number of phenols is 1. The molecule has 1 aliphatic carbocycles. The van der Waals surface area contributed by atoms with Gasteiger partial charge in [0.1, 0.15) is 17.9 Å². The third-order valence-electron chi connectivity index (χ3n) is 7.81. The van der Waals surface area contributed by atoms with E-state index in [1.165, 1.54) is 5.56 Å². The van der Waals surface area contributed by atoms with E-state index < -0.39 is 0 Å². The first-order chi connectivity index (χ1) is 19.9. The van der Waals surface area contributed by atoms with Gasteiger partial charge in [-0.05, 0) is 74.1 Å². The van der Waals surface area contributed by atoms with E-state index >= 15 is 0 Å². The largest absolute Gasteiger partial charge is 0.507 e. The Morgan fingerprint density at radius 1 is 1.00 bits per heavy atom. The van der Waals surface area contributed by atoms with Crippen molar-refractivity contribution < 1.29 is 9.90 Å². The molecule has 0 bridgehead atoms. The summed E-state index contributed by atoms with van der Waals surface area (Å²) in [5.41, 5.74) is 23.2. The van der Waals surface area contributed by atoms with Gasteiger partial charge in [-0.25, -0.2) is 0 Å². The highest BCUT2D eigenvalue weighted by Gasteiger charge is 2.22. The molecule has 1 aliphatic heterocycles. The van der Waals surface area contributed by atoms with Gasteiger partial charge in [-0.15, -0.1) is 0 Å². The lowest BCUT2D eigenvalue weighted by atomic mass is 9.79. The first-order valence-corrected chi connectivity index (χ1v) is 14.0. The predicted molar refractivity (Wildman–Crippen MR) is 168 cm³/mol. The third-order valence-corrected chi connectivity index (χ3v) is 7.81. The van der Waals surface area contributed by atoms with Crippen LogP contribution in [0.4, 0.5) is 0 Å². The number of nitrogens with zero attached hydrogens (tertiary/aromatic N) is 3. The van der Waals surface area contributed by atoms with Crippen molar-refractivity contribution in [1.82, 2.24) is 4.90 Å². The van der Waals surface area contributed by atoms with E-state index in [1.54, 1.807) is 36.5 Å². The second kappa shape index (κ2) is 14.2. The summed E-state index contributed by atoms with van der Waals surface area (Å²) in [6.45, 7) is 4.81. The quantitative estimate of drug-likeness (QED) is 0.154. The molecule has 2 aliphatic rings. The maximum Gasteiger partial charge on any atom is 0.124 e. The Bertz CT molecular complexity index is 1360. The maximum absolute atomic E-state index is 11.1. The number of nitrogens with two attached hydrogens (primary N) is 3. The fraction of sp³-hybridized carbons (Fsp3) is 0.303. The summed E-state index contributed by atoms with van der Waals surface area (Å²) in [6.07, 6.45) is 15.3. The molecule has 7 N–H and O–H groups in total. The monoisotopic (exact) mass is 552 g/mol. The summed E-state index contributed by atoms with van der Waals surface area (Å²) in [6, 6.07) is 15.4. The number of aromatic hydroxyl groups is 1. The van der Waals surface area contributed by atoms with Crippen LogP contribution in [0.15, 0.2) is 94.5 Å². The normalized spacial score (nSPS) is 21.9. The van der Waals surface area contributed by atoms with Crippen molar-refractivity contribution >= 4 is 30.5 Å². The fourth-order valence-corrected chi connectivity index (χ4v) is 5.47. The maximum atomic E-state index is 11.1. The number of para-hydroxylation sites is 1. The van der Waals surface area contributed by atoms with Crippen LogP contribution in [0.5, 0.6) is 5.75 Å². The number of carbonyl (C=O) groups is 1. The number of aldehydes is 1. The topological polar surface area (TPSA) is 143 Å². The fourth-order valence-electron chi connectivity index (χ4n) is 5.47. The van der Waals surface area contributed by atoms with Gasteiger partial charge in [0, 0.05) is 48.3 Å². The number of allylic oxidation sites excluding steroid dienone is 2. The first kappa shape index (κ1) is 29.4. The molecule has 0 saturated heterocycles. The highest BCUT2D eigenvalue weighted by molar-refractivity contribution is 6.09. The zero-order valence-corrected chi connectivity index (χ0v) is 23.4. The lowest BCUT2D eigenvalue weighted by molar-refractivity contribution is -0.111. The van der Waals surface area contributed by atoms with Crippen LogP contribution in [0.1, 0.15) is 54.7 Å². The molecular weight excluding hydrogens is 512 g/mol. The van der Waals surface area contributed by atoms with Crippen LogP contribution in [-0.4, -0.2) is 48.4 Å². The first-order valence-electron chi connectivity index (χ1n) is 14.0. The molecular formula is C33H40N6O2. The van der Waals surface area contributed by atoms with E-state index in [2.05, 4.69) is 48.1 Å². The zero-order chi connectivity index (χ0) is 29.2. The molecule has 214 valence electrons. The van der Waals surface area contributed by atoms with Gasteiger partial charge in [0.05, 0.1) is 11.7 Å². The van der Waals surface area contributed by atoms with Crippen LogP contribution in [0.2, 0.25) is 0 Å². The standard InChI is InChI=1S/C33H40N6O2/c1-37-19-27(26-15-13-25(14-16-26)24-11-9-23(22-40)10-12-24)20-38-28-6-4-5-17-39(21-28)31(33(35)36)18-30(34)29-7-2-3-8-32(29)41/h2-5,7-8,13-16,18-20,22-24,28,41H,1,6,9-12,17,21,34-36H2/b27-19+,30-18-,38-20?. The summed E-state index contributed by atoms with van der Waals surface area (Å²) in [5, 5.41) is 10.2. The van der Waals surface area contributed by atoms with Crippen molar-refractivity contribution in [2.24, 2.45) is 33.1 Å². The van der Waals surface area contributed by atoms with E-state index in [1.807, 2.05) is 11.1 Å². The Balaban J connectivity index is 1.49. The van der Waals surface area contributed by atoms with Crippen molar-refractivity contribution in [3.8, 4) is 5.75 Å². The molecule has 1 fully saturated rings. The Morgan fingerprint density at radius 2 is 1.73 bits per heavy atom. The number of hydrogen-bond acceptors (Lipinski definition) is 8. The second-order valence-electron chi connectivity index (χ2n) is 10.6. The number of phenolic OH excluding ortho intramolecular Hbond substituents is 1. The van der Waals surface area contributed by atoms with E-state index in [9.17, 15) is 9.90 Å². The van der Waals surface area contributed by atoms with Gasteiger partial charge in [-0.1, -0.05) is 48.6 Å². The second-order valence-corrected chi connectivity index (χ2v) is 10.6. The van der Waals surface area contributed by atoms with E-state index in [4.69, 9.17) is 22.2 Å². The minimum absolute atomic E-state index is 0.0663. The summed E-state index contributed by atoms with van der Waals surface area (Å²) >= 11 is 0. The molecule has 8 nitrogen and oxygen atoms in total. The summed E-state index contributed by atoms with van der Waals surface area (Å²) in [7, 11) is 0. The third kappa shape index (κ3) is 7.75. The number of benzene rings is 2.